The number of ether oxygens (including phenoxy) is 2. The van der Waals surface area contributed by atoms with Gasteiger partial charge in [0, 0.05) is 17.7 Å². The van der Waals surface area contributed by atoms with E-state index < -0.39 is 16.8 Å². The minimum absolute atomic E-state index is 0.0173. The summed E-state index contributed by atoms with van der Waals surface area (Å²) in [6, 6.07) is 17.1. The highest BCUT2D eigenvalue weighted by Crippen LogP contribution is 2.31. The summed E-state index contributed by atoms with van der Waals surface area (Å²) >= 11 is 0. The molecular weight excluding hydrogens is 440 g/mol. The molecule has 0 fully saturated rings. The highest BCUT2D eigenvalue weighted by Gasteiger charge is 2.20. The molecule has 1 amide bonds. The highest BCUT2D eigenvalue weighted by molar-refractivity contribution is 6.05. The van der Waals surface area contributed by atoms with Crippen LogP contribution in [-0.4, -0.2) is 28.5 Å². The smallest absolute Gasteiger partial charge is 0.335 e. The van der Waals surface area contributed by atoms with Crippen molar-refractivity contribution in [3.8, 4) is 11.5 Å². The van der Waals surface area contributed by atoms with Crippen LogP contribution in [0.4, 0.5) is 11.4 Å². The first kappa shape index (κ1) is 24.2. The van der Waals surface area contributed by atoms with Crippen LogP contribution in [0.15, 0.2) is 66.7 Å². The number of nitro groups is 1. The van der Waals surface area contributed by atoms with Crippen molar-refractivity contribution < 1.29 is 29.1 Å². The van der Waals surface area contributed by atoms with Crippen LogP contribution < -0.4 is 14.8 Å². The van der Waals surface area contributed by atoms with E-state index in [-0.39, 0.29) is 46.5 Å². The summed E-state index contributed by atoms with van der Waals surface area (Å²) in [6.45, 7) is 4.29. The Morgan fingerprint density at radius 2 is 1.65 bits per heavy atom. The van der Waals surface area contributed by atoms with Crippen LogP contribution in [0.3, 0.4) is 0 Å². The summed E-state index contributed by atoms with van der Waals surface area (Å²) in [5, 5.41) is 23.4. The first-order chi connectivity index (χ1) is 16.2. The second kappa shape index (κ2) is 11.0. The number of rotatable bonds is 10. The zero-order valence-corrected chi connectivity index (χ0v) is 18.7. The molecule has 0 atom stereocenters. The van der Waals surface area contributed by atoms with Crippen LogP contribution in [0.1, 0.15) is 40.1 Å². The molecule has 0 saturated carbocycles. The number of carboxylic acids is 1. The van der Waals surface area contributed by atoms with Gasteiger partial charge in [-0.2, -0.15) is 0 Å². The third-order valence-corrected chi connectivity index (χ3v) is 4.70. The second-order valence-corrected chi connectivity index (χ2v) is 7.89. The van der Waals surface area contributed by atoms with Crippen LogP contribution in [0, 0.1) is 16.0 Å². The molecule has 2 N–H and O–H groups in total. The molecule has 0 unspecified atom stereocenters. The Balaban J connectivity index is 1.85. The van der Waals surface area contributed by atoms with Crippen LogP contribution >= 0.6 is 0 Å². The Bertz CT molecular complexity index is 1190. The maximum absolute atomic E-state index is 12.9. The van der Waals surface area contributed by atoms with Crippen molar-refractivity contribution in [2.45, 2.75) is 20.5 Å². The van der Waals surface area contributed by atoms with E-state index >= 15 is 0 Å². The fourth-order valence-corrected chi connectivity index (χ4v) is 2.99. The molecule has 0 aromatic heterocycles. The molecular formula is C25H24N2O7. The molecule has 0 aliphatic rings. The monoisotopic (exact) mass is 464 g/mol. The lowest BCUT2D eigenvalue weighted by molar-refractivity contribution is -0.385. The normalized spacial score (nSPS) is 10.6. The number of benzene rings is 3. The lowest BCUT2D eigenvalue weighted by Gasteiger charge is -2.15. The van der Waals surface area contributed by atoms with Crippen molar-refractivity contribution in [2.75, 3.05) is 11.9 Å². The molecule has 0 aliphatic heterocycles. The summed E-state index contributed by atoms with van der Waals surface area (Å²) < 4.78 is 11.3. The number of nitrogens with zero attached hydrogens (tertiary/aromatic N) is 1. The van der Waals surface area contributed by atoms with E-state index in [4.69, 9.17) is 9.47 Å². The number of carbonyl (C=O) groups excluding carboxylic acids is 1. The first-order valence-electron chi connectivity index (χ1n) is 10.5. The van der Waals surface area contributed by atoms with E-state index in [0.717, 1.165) is 5.56 Å². The zero-order valence-electron chi connectivity index (χ0n) is 18.7. The van der Waals surface area contributed by atoms with Gasteiger partial charge in [0.2, 0.25) is 0 Å². The van der Waals surface area contributed by atoms with Crippen molar-refractivity contribution in [1.82, 2.24) is 0 Å². The van der Waals surface area contributed by atoms with Gasteiger partial charge in [-0.1, -0.05) is 44.2 Å². The van der Waals surface area contributed by atoms with Gasteiger partial charge in [-0.3, -0.25) is 14.9 Å². The maximum Gasteiger partial charge on any atom is 0.335 e. The van der Waals surface area contributed by atoms with Crippen molar-refractivity contribution in [3.05, 3.63) is 93.5 Å². The number of carbonyl (C=O) groups is 2. The number of nitro benzene ring substituents is 1. The van der Waals surface area contributed by atoms with E-state index in [0.29, 0.717) is 6.61 Å². The van der Waals surface area contributed by atoms with Gasteiger partial charge in [0.15, 0.2) is 5.75 Å². The third kappa shape index (κ3) is 6.32. The molecule has 0 heterocycles. The third-order valence-electron chi connectivity index (χ3n) is 4.70. The molecule has 9 heteroatoms. The molecule has 3 aromatic carbocycles. The molecule has 0 saturated heterocycles. The molecule has 34 heavy (non-hydrogen) atoms. The van der Waals surface area contributed by atoms with Gasteiger partial charge in [0.25, 0.3) is 5.91 Å². The number of amides is 1. The summed E-state index contributed by atoms with van der Waals surface area (Å²) in [6.07, 6.45) is 0. The van der Waals surface area contributed by atoms with Crippen molar-refractivity contribution in [2.24, 2.45) is 5.92 Å². The molecule has 3 rings (SSSR count). The lowest BCUT2D eigenvalue weighted by atomic mass is 10.1. The highest BCUT2D eigenvalue weighted by atomic mass is 16.6. The molecule has 0 spiro atoms. The molecule has 0 radical (unpaired) electrons. The Morgan fingerprint density at radius 1 is 0.971 bits per heavy atom. The fourth-order valence-electron chi connectivity index (χ4n) is 2.99. The van der Waals surface area contributed by atoms with Crippen LogP contribution in [0.2, 0.25) is 0 Å². The summed E-state index contributed by atoms with van der Waals surface area (Å²) in [4.78, 5) is 35.1. The average Bonchev–Trinajstić information content (AvgIpc) is 2.82. The van der Waals surface area contributed by atoms with Crippen molar-refractivity contribution in [1.29, 1.82) is 0 Å². The Kier molecular flexibility index (Phi) is 7.81. The lowest BCUT2D eigenvalue weighted by Crippen LogP contribution is -2.15. The van der Waals surface area contributed by atoms with E-state index in [1.807, 2.05) is 44.2 Å². The van der Waals surface area contributed by atoms with Crippen molar-refractivity contribution in [3.63, 3.8) is 0 Å². The summed E-state index contributed by atoms with van der Waals surface area (Å²) in [7, 11) is 0. The van der Waals surface area contributed by atoms with Crippen LogP contribution in [0.25, 0.3) is 0 Å². The van der Waals surface area contributed by atoms with Gasteiger partial charge in [-0.25, -0.2) is 4.79 Å². The topological polar surface area (TPSA) is 128 Å². The van der Waals surface area contributed by atoms with Gasteiger partial charge in [0.1, 0.15) is 12.4 Å². The SMILES string of the molecule is CC(C)COc1cc(C(=O)O)ccc1NC(=O)c1ccc([N+](=O)[O-])c(OCc2ccccc2)c1. The van der Waals surface area contributed by atoms with Gasteiger partial charge >= 0.3 is 11.7 Å². The van der Waals surface area contributed by atoms with Crippen molar-refractivity contribution >= 4 is 23.3 Å². The molecule has 0 bridgehead atoms. The molecule has 3 aromatic rings. The first-order valence-corrected chi connectivity index (χ1v) is 10.5. The standard InChI is InChI=1S/C25H24N2O7/c1-16(2)14-33-22-13-19(25(29)30)8-10-20(22)26-24(28)18-9-11-21(27(31)32)23(12-18)34-15-17-6-4-3-5-7-17/h3-13,16H,14-15H2,1-2H3,(H,26,28)(H,29,30). The summed E-state index contributed by atoms with van der Waals surface area (Å²) in [5.41, 5.74) is 0.978. The number of hydrogen-bond acceptors (Lipinski definition) is 6. The Morgan fingerprint density at radius 3 is 2.29 bits per heavy atom. The largest absolute Gasteiger partial charge is 0.491 e. The average molecular weight is 464 g/mol. The van der Waals surface area contributed by atoms with Gasteiger partial charge in [0.05, 0.1) is 22.8 Å². The van der Waals surface area contributed by atoms with Gasteiger partial charge in [-0.15, -0.1) is 0 Å². The minimum Gasteiger partial charge on any atom is -0.491 e. The van der Waals surface area contributed by atoms with E-state index in [2.05, 4.69) is 5.32 Å². The molecule has 0 aliphatic carbocycles. The van der Waals surface area contributed by atoms with Crippen LogP contribution in [-0.2, 0) is 6.61 Å². The molecule has 176 valence electrons. The number of aromatic carboxylic acids is 1. The molecule has 9 nitrogen and oxygen atoms in total. The van der Waals surface area contributed by atoms with Gasteiger partial charge < -0.3 is 19.9 Å². The zero-order chi connectivity index (χ0) is 24.7. The fraction of sp³-hybridized carbons (Fsp3) is 0.200. The Hall–Kier alpha value is -4.40. The predicted molar refractivity (Wildman–Crippen MR) is 126 cm³/mol. The quantitative estimate of drug-likeness (QED) is 0.313. The second-order valence-electron chi connectivity index (χ2n) is 7.89. The Labute approximate surface area is 196 Å². The predicted octanol–water partition coefficient (Wildman–Crippen LogP) is 5.16. The number of carboxylic acid groups (broad SMARTS) is 1. The number of anilines is 1. The number of hydrogen-bond donors (Lipinski definition) is 2. The maximum atomic E-state index is 12.9. The van der Waals surface area contributed by atoms with E-state index in [1.165, 1.54) is 36.4 Å². The van der Waals surface area contributed by atoms with E-state index in [1.54, 1.807) is 0 Å². The van der Waals surface area contributed by atoms with Gasteiger partial charge in [-0.05, 0) is 35.7 Å². The van der Waals surface area contributed by atoms with Crippen LogP contribution in [0.5, 0.6) is 11.5 Å². The number of nitrogens with one attached hydrogen (secondary N) is 1. The minimum atomic E-state index is -1.12. The van der Waals surface area contributed by atoms with E-state index in [9.17, 15) is 24.8 Å². The summed E-state index contributed by atoms with van der Waals surface area (Å²) in [5.74, 6) is -1.33.